The van der Waals surface area contributed by atoms with E-state index in [0.29, 0.717) is 4.90 Å². The van der Waals surface area contributed by atoms with Crippen molar-refractivity contribution in [1.82, 2.24) is 13.8 Å². The highest BCUT2D eigenvalue weighted by Gasteiger charge is 2.22. The van der Waals surface area contributed by atoms with Crippen LogP contribution in [0.3, 0.4) is 0 Å². The van der Waals surface area contributed by atoms with Gasteiger partial charge in [-0.2, -0.15) is 0 Å². The van der Waals surface area contributed by atoms with Crippen molar-refractivity contribution >= 4 is 31.7 Å². The van der Waals surface area contributed by atoms with Gasteiger partial charge in [0.2, 0.25) is 0 Å². The largest absolute Gasteiger partial charge is 0.304 e. The summed E-state index contributed by atoms with van der Waals surface area (Å²) in [6.07, 6.45) is 1.69. The summed E-state index contributed by atoms with van der Waals surface area (Å²) in [7, 11) is -1.56. The van der Waals surface area contributed by atoms with E-state index in [1.165, 1.54) is 9.54 Å². The second kappa shape index (κ2) is 7.54. The maximum Gasteiger partial charge on any atom is 0.268 e. The fraction of sp³-hybridized carbons (Fsp3) is 0.250. The molecule has 0 unspecified atom stereocenters. The standard InChI is InChI=1S/C24H25N3O2S/c1-25-14-16-26(17-15-25)18-20-8-4-10-23-21(20)12-13-27(23)30(28,29)24-11-5-7-19-6-2-3-9-22(19)24/h2-13H,14-18H2,1H3. The molecule has 0 saturated carbocycles. The van der Waals surface area contributed by atoms with Crippen LogP contribution in [0.15, 0.2) is 77.8 Å². The van der Waals surface area contributed by atoms with Gasteiger partial charge in [0.15, 0.2) is 0 Å². The zero-order valence-corrected chi connectivity index (χ0v) is 17.8. The molecule has 3 aromatic carbocycles. The SMILES string of the molecule is CN1CCN(Cc2cccc3c2ccn3S(=O)(=O)c2cccc3ccccc23)CC1. The Morgan fingerprint density at radius 3 is 2.37 bits per heavy atom. The van der Waals surface area contributed by atoms with Crippen LogP contribution in [0, 0.1) is 0 Å². The van der Waals surface area contributed by atoms with Crippen molar-refractivity contribution in [3.63, 3.8) is 0 Å². The van der Waals surface area contributed by atoms with Gasteiger partial charge in [-0.25, -0.2) is 12.4 Å². The third kappa shape index (κ3) is 3.31. The lowest BCUT2D eigenvalue weighted by molar-refractivity contribution is 0.148. The van der Waals surface area contributed by atoms with Gasteiger partial charge >= 0.3 is 0 Å². The number of hydrogen-bond donors (Lipinski definition) is 0. The molecule has 0 spiro atoms. The van der Waals surface area contributed by atoms with Crippen LogP contribution in [0.5, 0.6) is 0 Å². The Bertz CT molecular complexity index is 1310. The topological polar surface area (TPSA) is 45.5 Å². The molecule has 1 saturated heterocycles. The molecule has 1 fully saturated rings. The Morgan fingerprint density at radius 1 is 0.800 bits per heavy atom. The maximum absolute atomic E-state index is 13.6. The van der Waals surface area contributed by atoms with Crippen LogP contribution < -0.4 is 0 Å². The second-order valence-corrected chi connectivity index (χ2v) is 9.81. The molecular formula is C24H25N3O2S. The molecule has 0 bridgehead atoms. The first-order valence-corrected chi connectivity index (χ1v) is 11.7. The molecule has 2 heterocycles. The maximum atomic E-state index is 13.6. The summed E-state index contributed by atoms with van der Waals surface area (Å²) in [5, 5.41) is 2.67. The molecule has 30 heavy (non-hydrogen) atoms. The Kier molecular flexibility index (Phi) is 4.85. The quantitative estimate of drug-likeness (QED) is 0.505. The summed E-state index contributed by atoms with van der Waals surface area (Å²) in [6, 6.07) is 20.9. The molecular weight excluding hydrogens is 394 g/mol. The van der Waals surface area contributed by atoms with Crippen molar-refractivity contribution in [2.75, 3.05) is 33.2 Å². The van der Waals surface area contributed by atoms with E-state index in [4.69, 9.17) is 0 Å². The fourth-order valence-electron chi connectivity index (χ4n) is 4.33. The van der Waals surface area contributed by atoms with Gasteiger partial charge in [0, 0.05) is 49.7 Å². The van der Waals surface area contributed by atoms with Crippen LogP contribution in [0.25, 0.3) is 21.7 Å². The number of fused-ring (bicyclic) bond motifs is 2. The smallest absolute Gasteiger partial charge is 0.268 e. The van der Waals surface area contributed by atoms with Crippen LogP contribution in [-0.2, 0) is 16.6 Å². The molecule has 0 aliphatic carbocycles. The Hall–Kier alpha value is -2.67. The minimum atomic E-state index is -3.71. The summed E-state index contributed by atoms with van der Waals surface area (Å²) in [5.74, 6) is 0. The van der Waals surface area contributed by atoms with Crippen LogP contribution in [-0.4, -0.2) is 55.4 Å². The van der Waals surface area contributed by atoms with Crippen molar-refractivity contribution in [2.45, 2.75) is 11.4 Å². The first kappa shape index (κ1) is 19.3. The van der Waals surface area contributed by atoms with Crippen molar-refractivity contribution in [1.29, 1.82) is 0 Å². The van der Waals surface area contributed by atoms with Crippen molar-refractivity contribution in [2.24, 2.45) is 0 Å². The number of nitrogens with zero attached hydrogens (tertiary/aromatic N) is 3. The van der Waals surface area contributed by atoms with Crippen molar-refractivity contribution in [3.8, 4) is 0 Å². The highest BCUT2D eigenvalue weighted by atomic mass is 32.2. The number of aromatic nitrogens is 1. The fourth-order valence-corrected chi connectivity index (χ4v) is 5.89. The van der Waals surface area contributed by atoms with Gasteiger partial charge in [-0.05, 0) is 36.2 Å². The first-order valence-electron chi connectivity index (χ1n) is 10.3. The van der Waals surface area contributed by atoms with E-state index in [9.17, 15) is 8.42 Å². The third-order valence-electron chi connectivity index (χ3n) is 6.06. The van der Waals surface area contributed by atoms with E-state index >= 15 is 0 Å². The average Bonchev–Trinajstić information content (AvgIpc) is 3.21. The average molecular weight is 420 g/mol. The molecule has 1 aliphatic rings. The van der Waals surface area contributed by atoms with Gasteiger partial charge in [-0.3, -0.25) is 4.90 Å². The zero-order valence-electron chi connectivity index (χ0n) is 17.0. The van der Waals surface area contributed by atoms with E-state index in [1.54, 1.807) is 18.3 Å². The number of rotatable bonds is 4. The zero-order chi connectivity index (χ0) is 20.7. The number of likely N-dealkylation sites (N-methyl/N-ethyl adjacent to an activating group) is 1. The lowest BCUT2D eigenvalue weighted by atomic mass is 10.1. The van der Waals surface area contributed by atoms with Crippen LogP contribution in [0.2, 0.25) is 0 Å². The molecule has 4 aromatic rings. The Balaban J connectivity index is 1.57. The summed E-state index contributed by atoms with van der Waals surface area (Å²) >= 11 is 0. The summed E-state index contributed by atoms with van der Waals surface area (Å²) < 4.78 is 28.6. The molecule has 1 aliphatic heterocycles. The number of hydrogen-bond acceptors (Lipinski definition) is 4. The normalized spacial score (nSPS) is 16.4. The Morgan fingerprint density at radius 2 is 1.53 bits per heavy atom. The van der Waals surface area contributed by atoms with Gasteiger partial charge < -0.3 is 4.90 Å². The van der Waals surface area contributed by atoms with E-state index in [2.05, 4.69) is 22.9 Å². The predicted molar refractivity (Wildman–Crippen MR) is 121 cm³/mol. The minimum Gasteiger partial charge on any atom is -0.304 e. The van der Waals surface area contributed by atoms with Gasteiger partial charge in [0.1, 0.15) is 0 Å². The molecule has 0 amide bonds. The van der Waals surface area contributed by atoms with Crippen molar-refractivity contribution in [3.05, 3.63) is 78.5 Å². The van der Waals surface area contributed by atoms with Gasteiger partial charge in [-0.1, -0.05) is 48.5 Å². The van der Waals surface area contributed by atoms with E-state index < -0.39 is 10.0 Å². The molecule has 1 aromatic heterocycles. The van der Waals surface area contributed by atoms with Crippen LogP contribution in [0.4, 0.5) is 0 Å². The van der Waals surface area contributed by atoms with E-state index in [0.717, 1.165) is 54.4 Å². The summed E-state index contributed by atoms with van der Waals surface area (Å²) in [4.78, 5) is 5.11. The van der Waals surface area contributed by atoms with Crippen molar-refractivity contribution < 1.29 is 8.42 Å². The molecule has 0 N–H and O–H groups in total. The van der Waals surface area contributed by atoms with E-state index in [1.807, 2.05) is 48.5 Å². The lowest BCUT2D eigenvalue weighted by Gasteiger charge is -2.32. The molecule has 154 valence electrons. The monoisotopic (exact) mass is 419 g/mol. The lowest BCUT2D eigenvalue weighted by Crippen LogP contribution is -2.43. The number of piperazine rings is 1. The molecule has 6 heteroatoms. The van der Waals surface area contributed by atoms with Gasteiger partial charge in [-0.15, -0.1) is 0 Å². The summed E-state index contributed by atoms with van der Waals surface area (Å²) in [6.45, 7) is 5.02. The molecule has 5 rings (SSSR count). The molecule has 0 atom stereocenters. The molecule has 5 nitrogen and oxygen atoms in total. The highest BCUT2D eigenvalue weighted by molar-refractivity contribution is 7.90. The minimum absolute atomic E-state index is 0.336. The number of benzene rings is 3. The predicted octanol–water partition coefficient (Wildman–Crippen LogP) is 3.78. The van der Waals surface area contributed by atoms with Gasteiger partial charge in [0.05, 0.1) is 10.4 Å². The molecule has 0 radical (unpaired) electrons. The van der Waals surface area contributed by atoms with E-state index in [-0.39, 0.29) is 0 Å². The highest BCUT2D eigenvalue weighted by Crippen LogP contribution is 2.29. The van der Waals surface area contributed by atoms with Gasteiger partial charge in [0.25, 0.3) is 10.0 Å². The second-order valence-electron chi connectivity index (χ2n) is 8.02. The van der Waals surface area contributed by atoms with Crippen LogP contribution >= 0.6 is 0 Å². The van der Waals surface area contributed by atoms with Crippen LogP contribution in [0.1, 0.15) is 5.56 Å². The Labute approximate surface area is 177 Å². The first-order chi connectivity index (χ1) is 14.5. The third-order valence-corrected chi connectivity index (χ3v) is 7.81. The summed E-state index contributed by atoms with van der Waals surface area (Å²) in [5.41, 5.74) is 1.90.